The van der Waals surface area contributed by atoms with Gasteiger partial charge in [0.05, 0.1) is 36.2 Å². The van der Waals surface area contributed by atoms with E-state index < -0.39 is 33.9 Å². The molecule has 0 saturated heterocycles. The van der Waals surface area contributed by atoms with Crippen LogP contribution in [0.4, 0.5) is 13.2 Å². The molecule has 0 unspecified atom stereocenters. The van der Waals surface area contributed by atoms with Crippen LogP contribution in [0.3, 0.4) is 0 Å². The predicted molar refractivity (Wildman–Crippen MR) is 59.5 cm³/mol. The monoisotopic (exact) mass is 280 g/mol. The Bertz CT molecular complexity index is 540. The molecule has 100 valence electrons. The van der Waals surface area contributed by atoms with Crippen LogP contribution in [0, 0.1) is 12.3 Å². The number of alkyl halides is 3. The van der Waals surface area contributed by atoms with Crippen LogP contribution >= 0.6 is 0 Å². The van der Waals surface area contributed by atoms with Crippen molar-refractivity contribution in [2.24, 2.45) is 0 Å². The summed E-state index contributed by atoms with van der Waals surface area (Å²) in [6, 6.07) is 0. The lowest BCUT2D eigenvalue weighted by Crippen LogP contribution is -2.21. The first kappa shape index (κ1) is 14.6. The Labute approximate surface area is 103 Å². The van der Waals surface area contributed by atoms with Crippen LogP contribution in [-0.4, -0.2) is 35.9 Å². The van der Waals surface area contributed by atoms with Crippen molar-refractivity contribution < 1.29 is 21.6 Å². The van der Waals surface area contributed by atoms with E-state index in [1.165, 1.54) is 17.1 Å². The molecule has 0 aliphatic rings. The van der Waals surface area contributed by atoms with Crippen molar-refractivity contribution in [3.8, 4) is 12.3 Å². The van der Waals surface area contributed by atoms with Gasteiger partial charge in [-0.25, -0.2) is 8.42 Å². The van der Waals surface area contributed by atoms with E-state index >= 15 is 0 Å². The lowest BCUT2D eigenvalue weighted by molar-refractivity contribution is -0.129. The Balaban J connectivity index is 2.49. The maximum Gasteiger partial charge on any atom is 0.390 e. The van der Waals surface area contributed by atoms with Gasteiger partial charge in [0.25, 0.3) is 0 Å². The number of aryl methyl sites for hydroxylation is 1. The zero-order chi connectivity index (χ0) is 13.8. The van der Waals surface area contributed by atoms with Gasteiger partial charge in [0.1, 0.15) is 0 Å². The van der Waals surface area contributed by atoms with Crippen LogP contribution in [0.15, 0.2) is 12.4 Å². The number of nitrogens with zero attached hydrogens (tertiary/aromatic N) is 2. The Morgan fingerprint density at radius 2 is 2.06 bits per heavy atom. The van der Waals surface area contributed by atoms with E-state index in [4.69, 9.17) is 6.42 Å². The highest BCUT2D eigenvalue weighted by atomic mass is 32.2. The van der Waals surface area contributed by atoms with Gasteiger partial charge in [0.2, 0.25) is 0 Å². The van der Waals surface area contributed by atoms with E-state index in [-0.39, 0.29) is 6.54 Å². The van der Waals surface area contributed by atoms with Crippen molar-refractivity contribution in [1.29, 1.82) is 0 Å². The molecule has 0 aliphatic heterocycles. The average molecular weight is 280 g/mol. The van der Waals surface area contributed by atoms with Crippen molar-refractivity contribution in [3.05, 3.63) is 18.0 Å². The predicted octanol–water partition coefficient (Wildman–Crippen LogP) is 1.23. The fourth-order valence-electron chi connectivity index (χ4n) is 1.17. The van der Waals surface area contributed by atoms with E-state index in [2.05, 4.69) is 11.0 Å². The van der Waals surface area contributed by atoms with Gasteiger partial charge in [-0.1, -0.05) is 5.92 Å². The summed E-state index contributed by atoms with van der Waals surface area (Å²) in [5.74, 6) is 1.01. The maximum absolute atomic E-state index is 11.9. The number of sulfone groups is 1. The molecular weight excluding hydrogens is 269 g/mol. The van der Waals surface area contributed by atoms with Gasteiger partial charge in [-0.15, -0.1) is 6.42 Å². The second-order valence-corrected chi connectivity index (χ2v) is 5.96. The average Bonchev–Trinajstić information content (AvgIpc) is 2.71. The van der Waals surface area contributed by atoms with Crippen molar-refractivity contribution in [2.45, 2.75) is 19.1 Å². The van der Waals surface area contributed by atoms with Gasteiger partial charge < -0.3 is 0 Å². The van der Waals surface area contributed by atoms with E-state index in [9.17, 15) is 21.6 Å². The number of hydrogen-bond acceptors (Lipinski definition) is 3. The molecule has 0 radical (unpaired) electrons. The summed E-state index contributed by atoms with van der Waals surface area (Å²) in [5, 5.41) is 3.79. The van der Waals surface area contributed by atoms with Gasteiger partial charge in [-0.2, -0.15) is 18.3 Å². The first-order chi connectivity index (χ1) is 8.22. The highest BCUT2D eigenvalue weighted by Gasteiger charge is 2.29. The molecule has 0 aliphatic carbocycles. The molecule has 0 spiro atoms. The molecular formula is C10H11F3N2O2S. The van der Waals surface area contributed by atoms with E-state index in [0.717, 1.165) is 0 Å². The van der Waals surface area contributed by atoms with E-state index in [0.29, 0.717) is 5.56 Å². The van der Waals surface area contributed by atoms with Gasteiger partial charge in [0.15, 0.2) is 9.84 Å². The molecule has 0 atom stereocenters. The zero-order valence-corrected chi connectivity index (χ0v) is 10.1. The Morgan fingerprint density at radius 3 is 2.56 bits per heavy atom. The zero-order valence-electron chi connectivity index (χ0n) is 9.31. The van der Waals surface area contributed by atoms with E-state index in [1.807, 2.05) is 0 Å². The van der Waals surface area contributed by atoms with Gasteiger partial charge in [-0.3, -0.25) is 4.68 Å². The number of hydrogen-bond donors (Lipinski definition) is 0. The Hall–Kier alpha value is -1.49. The molecule has 1 aromatic rings. The normalized spacial score (nSPS) is 12.3. The van der Waals surface area contributed by atoms with Crippen molar-refractivity contribution in [2.75, 3.05) is 11.5 Å². The Morgan fingerprint density at radius 1 is 1.39 bits per heavy atom. The molecule has 8 heteroatoms. The van der Waals surface area contributed by atoms with Crippen LogP contribution in [-0.2, 0) is 16.4 Å². The summed E-state index contributed by atoms with van der Waals surface area (Å²) in [6.45, 7) is -0.0120. The van der Waals surface area contributed by atoms with Crippen molar-refractivity contribution in [3.63, 3.8) is 0 Å². The SMILES string of the molecule is C#Cc1cnn(CCS(=O)(=O)CCC(F)(F)F)c1. The third-order valence-corrected chi connectivity index (χ3v) is 3.76. The molecule has 0 amide bonds. The summed E-state index contributed by atoms with van der Waals surface area (Å²) >= 11 is 0. The first-order valence-corrected chi connectivity index (χ1v) is 6.80. The lowest BCUT2D eigenvalue weighted by Gasteiger charge is -2.07. The van der Waals surface area contributed by atoms with Crippen LogP contribution < -0.4 is 0 Å². The minimum atomic E-state index is -4.46. The largest absolute Gasteiger partial charge is 0.390 e. The Kier molecular flexibility index (Phi) is 4.40. The maximum atomic E-state index is 11.9. The minimum Gasteiger partial charge on any atom is -0.270 e. The summed E-state index contributed by atoms with van der Waals surface area (Å²) < 4.78 is 59.7. The second-order valence-electron chi connectivity index (χ2n) is 3.65. The minimum absolute atomic E-state index is 0.0120. The summed E-state index contributed by atoms with van der Waals surface area (Å²) in [7, 11) is -3.74. The molecule has 1 heterocycles. The summed E-state index contributed by atoms with van der Waals surface area (Å²) in [6.07, 6.45) is 2.14. The van der Waals surface area contributed by atoms with Gasteiger partial charge in [-0.05, 0) is 0 Å². The number of aromatic nitrogens is 2. The molecule has 0 saturated carbocycles. The fourth-order valence-corrected chi connectivity index (χ4v) is 2.38. The first-order valence-electron chi connectivity index (χ1n) is 4.98. The second kappa shape index (κ2) is 5.44. The molecule has 0 fully saturated rings. The highest BCUT2D eigenvalue weighted by Crippen LogP contribution is 2.20. The third-order valence-electron chi connectivity index (χ3n) is 2.13. The molecule has 0 N–H and O–H groups in total. The van der Waals surface area contributed by atoms with Crippen LogP contribution in [0.2, 0.25) is 0 Å². The fraction of sp³-hybridized carbons (Fsp3) is 0.500. The summed E-state index contributed by atoms with van der Waals surface area (Å²) in [5.41, 5.74) is 0.489. The molecule has 1 rings (SSSR count). The van der Waals surface area contributed by atoms with Crippen LogP contribution in [0.5, 0.6) is 0 Å². The number of halogens is 3. The molecule has 0 aromatic carbocycles. The van der Waals surface area contributed by atoms with Crippen LogP contribution in [0.25, 0.3) is 0 Å². The van der Waals surface area contributed by atoms with Crippen molar-refractivity contribution in [1.82, 2.24) is 9.78 Å². The lowest BCUT2D eigenvalue weighted by atomic mass is 10.4. The summed E-state index contributed by atoms with van der Waals surface area (Å²) in [4.78, 5) is 0. The quantitative estimate of drug-likeness (QED) is 0.762. The standard InChI is InChI=1S/C10H11F3N2O2S/c1-2-9-7-14-15(8-9)4-6-18(16,17)5-3-10(11,12)13/h1,7-8H,3-6H2. The molecule has 1 aromatic heterocycles. The van der Waals surface area contributed by atoms with E-state index in [1.54, 1.807) is 0 Å². The van der Waals surface area contributed by atoms with Crippen molar-refractivity contribution >= 4 is 9.84 Å². The molecule has 4 nitrogen and oxygen atoms in total. The highest BCUT2D eigenvalue weighted by molar-refractivity contribution is 7.91. The third kappa shape index (κ3) is 5.23. The molecule has 0 bridgehead atoms. The number of rotatable bonds is 5. The van der Waals surface area contributed by atoms with Crippen LogP contribution in [0.1, 0.15) is 12.0 Å². The molecule has 18 heavy (non-hydrogen) atoms. The van der Waals surface area contributed by atoms with Gasteiger partial charge >= 0.3 is 6.18 Å². The smallest absolute Gasteiger partial charge is 0.270 e. The van der Waals surface area contributed by atoms with Gasteiger partial charge in [0, 0.05) is 6.20 Å². The topological polar surface area (TPSA) is 52.0 Å². The number of terminal acetylenes is 1.